The zero-order chi connectivity index (χ0) is 109. The topological polar surface area (TPSA) is 259 Å². The number of likely N-dealkylation sites (tertiary alicyclic amines) is 3. The lowest BCUT2D eigenvalue weighted by atomic mass is 9.85. The van der Waals surface area contributed by atoms with Crippen molar-refractivity contribution in [2.45, 2.75) is 185 Å². The van der Waals surface area contributed by atoms with E-state index in [1.807, 2.05) is 37.3 Å². The summed E-state index contributed by atoms with van der Waals surface area (Å²) in [6.07, 6.45) is -20.0. The first-order valence-electron chi connectivity index (χ1n) is 47.6. The Bertz CT molecular complexity index is 5280. The third-order valence-corrected chi connectivity index (χ3v) is 26.7. The molecule has 7 aromatic carbocycles. The van der Waals surface area contributed by atoms with Gasteiger partial charge in [0.2, 0.25) is 0 Å². The van der Waals surface area contributed by atoms with E-state index in [9.17, 15) is 105 Å². The molecule has 0 saturated carbocycles. The Hall–Kier alpha value is -10.5. The lowest BCUT2D eigenvalue weighted by Crippen LogP contribution is -2.57. The Balaban J connectivity index is 0.000000241. The fourth-order valence-electron chi connectivity index (χ4n) is 18.0. The van der Waals surface area contributed by atoms with Gasteiger partial charge in [0, 0.05) is 107 Å². The van der Waals surface area contributed by atoms with Crippen LogP contribution in [0.4, 0.5) is 66.3 Å². The summed E-state index contributed by atoms with van der Waals surface area (Å²) in [6.45, 7) is 9.83. The molecule has 0 aliphatic carbocycles. The second kappa shape index (κ2) is 53.1. The third-order valence-electron chi connectivity index (χ3n) is 25.4. The number of hydrogen-bond acceptors (Lipinski definition) is 17. The smallest absolute Gasteiger partial charge is 0.430 e. The highest BCUT2D eigenvalue weighted by Gasteiger charge is 2.64. The predicted molar refractivity (Wildman–Crippen MR) is 525 cm³/mol. The fraction of sp³-hybridized carbons (Fsp3) is 0.529. The van der Waals surface area contributed by atoms with E-state index in [-0.39, 0.29) is 201 Å². The van der Waals surface area contributed by atoms with Crippen LogP contribution in [0.3, 0.4) is 0 Å². The van der Waals surface area contributed by atoms with Gasteiger partial charge in [-0.05, 0) is 240 Å². The summed E-state index contributed by atoms with van der Waals surface area (Å²) in [6, 6.07) is 34.1. The van der Waals surface area contributed by atoms with E-state index >= 15 is 0 Å². The molecule has 806 valence electrons. The summed E-state index contributed by atoms with van der Waals surface area (Å²) in [5.74, 6) is -5.77. The number of ether oxygens (including phenoxy) is 7. The van der Waals surface area contributed by atoms with Gasteiger partial charge >= 0.3 is 42.9 Å². The van der Waals surface area contributed by atoms with Crippen molar-refractivity contribution >= 4 is 87.9 Å². The molecule has 7 amide bonds. The molecular weight excluding hydrogens is 2020 g/mol. The molecule has 24 nitrogen and oxygen atoms in total. The Morgan fingerprint density at radius 2 is 0.616 bits per heavy atom. The zero-order valence-electron chi connectivity index (χ0n) is 83.8. The molecule has 7 aromatic rings. The number of nitrogens with one attached hydrogen (secondary N) is 1. The van der Waals surface area contributed by atoms with Crippen molar-refractivity contribution in [2.75, 3.05) is 123 Å². The number of halogens is 18. The van der Waals surface area contributed by atoms with Gasteiger partial charge in [-0.15, -0.1) is 0 Å². The number of carbonyl (C=O) groups is 7. The standard InChI is InChI=1S/2C29H34ClF5N2O5.C27H33ClF2N2O4.C19H27ClF2N2O2/c2*1-18(17-27(31,32)42-22-8-9-23(24(30)16-22)25(38)36(2)3)14-19-10-12-37(13-11-19)26(39)28(40,29(33,34)35)20-6-5-7-21(15-20)41-4;1-19(17-27(29,30)36-22-9-10-23(24(28)16-22)25(33)31(2)3)15-20-11-13-32(14-12-20)26(34)35-18-21-7-5-4-6-8-21;1-13(10-14-6-8-23-9-7-14)12-19(21,22)26-15-4-5-16(17(20)11-15)18(25)24(2)3/h2*5-9,15-16,18-19,40H,10-14,17H2,1-4H3;4-10,16,19-20H,11-15,17-18H2,1-3H3;4-5,11,13-14,23H,6-10,12H2,1-3H3/t18-,28+;18-,28-;;/m01../s1. The van der Waals surface area contributed by atoms with E-state index in [0.717, 1.165) is 97.0 Å². The Morgan fingerprint density at radius 3 is 0.863 bits per heavy atom. The molecule has 146 heavy (non-hydrogen) atoms. The Labute approximate surface area is 861 Å². The molecule has 0 bridgehead atoms. The molecule has 0 aromatic heterocycles. The van der Waals surface area contributed by atoms with Crippen molar-refractivity contribution < 1.29 is 138 Å². The van der Waals surface area contributed by atoms with Crippen molar-refractivity contribution in [2.24, 2.45) is 47.3 Å². The quantitative estimate of drug-likeness (QED) is 0.0308. The minimum absolute atomic E-state index is 0.0276. The molecule has 42 heteroatoms. The van der Waals surface area contributed by atoms with E-state index in [0.29, 0.717) is 38.3 Å². The molecule has 6 atom stereocenters. The second-order valence-electron chi connectivity index (χ2n) is 38.5. The Morgan fingerprint density at radius 1 is 0.356 bits per heavy atom. The van der Waals surface area contributed by atoms with E-state index < -0.39 is 102 Å². The monoisotopic (exact) mass is 2150 g/mol. The molecule has 4 heterocycles. The predicted octanol–water partition coefficient (Wildman–Crippen LogP) is 23.2. The van der Waals surface area contributed by atoms with E-state index in [1.165, 1.54) is 147 Å². The van der Waals surface area contributed by atoms with Crippen LogP contribution < -0.4 is 33.7 Å². The molecular formula is C104H128Cl4F14N8O16. The van der Waals surface area contributed by atoms with Crippen LogP contribution in [0.25, 0.3) is 0 Å². The maximum Gasteiger partial charge on any atom is 0.430 e. The van der Waals surface area contributed by atoms with Gasteiger partial charge in [0.1, 0.15) is 41.1 Å². The molecule has 11 rings (SSSR count). The number of carbonyl (C=O) groups excluding carboxylic acids is 7. The number of piperidine rings is 4. The largest absolute Gasteiger partial charge is 0.497 e. The normalized spacial score (nSPS) is 16.5. The van der Waals surface area contributed by atoms with Gasteiger partial charge in [0.15, 0.2) is 0 Å². The SMILES string of the molecule is CC(CC1CCN(C(=O)OCc2ccccc2)CC1)CC(F)(F)Oc1ccc(C(=O)N(C)C)c(Cl)c1.CC(CC1CCNCC1)CC(F)(F)Oc1ccc(C(=O)N(C)C)c(Cl)c1.COc1cccc([C@@](O)(C(=O)N2CCC(C[C@@H](C)CC(F)(F)Oc3ccc(C(=O)N(C)C)c(Cl)c3)CC2)C(F)(F)F)c1.COc1cccc([C@@](O)(C(=O)N2CCC(C[C@H](C)CC(F)(F)Oc3ccc(C(=O)N(C)C)c(Cl)c3)CC2)C(F)(F)F)c1. The molecule has 4 aliphatic rings. The number of hydrogen-bond donors (Lipinski definition) is 3. The van der Waals surface area contributed by atoms with Gasteiger partial charge in [0.25, 0.3) is 46.6 Å². The maximum absolute atomic E-state index is 14.7. The first-order chi connectivity index (χ1) is 68.2. The van der Waals surface area contributed by atoms with Crippen LogP contribution in [0, 0.1) is 47.3 Å². The highest BCUT2D eigenvalue weighted by molar-refractivity contribution is 6.35. The molecule has 4 aliphatic heterocycles. The number of alkyl halides is 14. The fourth-order valence-corrected chi connectivity index (χ4v) is 19.0. The van der Waals surface area contributed by atoms with Gasteiger partial charge in [-0.1, -0.05) is 129 Å². The minimum atomic E-state index is -5.29. The summed E-state index contributed by atoms with van der Waals surface area (Å²) >= 11 is 24.3. The van der Waals surface area contributed by atoms with Crippen LogP contribution in [0.15, 0.2) is 152 Å². The highest BCUT2D eigenvalue weighted by atomic mass is 35.5. The number of amides is 7. The average molecular weight is 2150 g/mol. The lowest BCUT2D eigenvalue weighted by molar-refractivity contribution is -0.263. The molecule has 0 radical (unpaired) electrons. The first kappa shape index (κ1) is 121. The third kappa shape index (κ3) is 35.1. The zero-order valence-corrected chi connectivity index (χ0v) is 86.8. The molecule has 3 N–H and O–H groups in total. The minimum Gasteiger partial charge on any atom is -0.497 e. The van der Waals surface area contributed by atoms with Gasteiger partial charge < -0.3 is 83.0 Å². The van der Waals surface area contributed by atoms with E-state index in [1.54, 1.807) is 53.9 Å². The van der Waals surface area contributed by atoms with Crippen LogP contribution >= 0.6 is 46.4 Å². The van der Waals surface area contributed by atoms with Crippen LogP contribution in [0.1, 0.15) is 189 Å². The van der Waals surface area contributed by atoms with Crippen molar-refractivity contribution in [3.05, 3.63) is 211 Å². The van der Waals surface area contributed by atoms with Crippen LogP contribution in [0.2, 0.25) is 20.1 Å². The number of methoxy groups -OCH3 is 2. The van der Waals surface area contributed by atoms with Gasteiger partial charge in [-0.25, -0.2) is 4.79 Å². The summed E-state index contributed by atoms with van der Waals surface area (Å²) in [4.78, 5) is 95.6. The number of benzene rings is 7. The van der Waals surface area contributed by atoms with Crippen molar-refractivity contribution in [3.63, 3.8) is 0 Å². The summed E-state index contributed by atoms with van der Waals surface area (Å²) in [5.41, 5.74) is -7.13. The van der Waals surface area contributed by atoms with Crippen molar-refractivity contribution in [3.8, 4) is 34.5 Å². The number of nitrogens with zero attached hydrogens (tertiary/aromatic N) is 7. The molecule has 4 saturated heterocycles. The second-order valence-corrected chi connectivity index (χ2v) is 40.1. The number of aliphatic hydroxyl groups is 2. The Kier molecular flexibility index (Phi) is 43.9. The van der Waals surface area contributed by atoms with Gasteiger partial charge in [0.05, 0.1) is 82.2 Å². The van der Waals surface area contributed by atoms with E-state index in [2.05, 4.69) is 5.32 Å². The first-order valence-corrected chi connectivity index (χ1v) is 49.1. The molecule has 0 spiro atoms. The lowest BCUT2D eigenvalue weighted by Gasteiger charge is -2.39. The van der Waals surface area contributed by atoms with Crippen LogP contribution in [-0.2, 0) is 32.1 Å². The average Bonchev–Trinajstić information content (AvgIpc) is 0.753. The van der Waals surface area contributed by atoms with Crippen molar-refractivity contribution in [1.29, 1.82) is 0 Å². The van der Waals surface area contributed by atoms with Crippen LogP contribution in [0.5, 0.6) is 34.5 Å². The van der Waals surface area contributed by atoms with Gasteiger partial charge in [-0.2, -0.15) is 61.5 Å². The van der Waals surface area contributed by atoms with Crippen LogP contribution in [-0.4, -0.2) is 246 Å². The molecule has 4 fully saturated rings. The highest BCUT2D eigenvalue weighted by Crippen LogP contribution is 2.47. The van der Waals surface area contributed by atoms with Gasteiger partial charge in [-0.3, -0.25) is 28.8 Å². The summed E-state index contributed by atoms with van der Waals surface area (Å²) in [7, 11) is 15.0. The maximum atomic E-state index is 14.7. The summed E-state index contributed by atoms with van der Waals surface area (Å²) < 4.78 is 236. The number of rotatable bonds is 36. The summed E-state index contributed by atoms with van der Waals surface area (Å²) in [5, 5.41) is 24.8. The molecule has 2 unspecified atom stereocenters. The van der Waals surface area contributed by atoms with Crippen molar-refractivity contribution in [1.82, 2.24) is 39.6 Å². The van der Waals surface area contributed by atoms with E-state index in [4.69, 9.17) is 79.6 Å².